The van der Waals surface area contributed by atoms with Crippen molar-refractivity contribution in [3.63, 3.8) is 0 Å². The normalized spacial score (nSPS) is 11.7. The van der Waals surface area contributed by atoms with Gasteiger partial charge in [-0.15, -0.1) is 0 Å². The highest BCUT2D eigenvalue weighted by molar-refractivity contribution is 7.89. The standard InChI is InChI=1S/C14H23NO4S/c1-2-3-11-19-12-9-15-20(17,18)14-6-4-13(5-7-14)8-10-16/h4-7,15-16H,2-3,8-12H2,1H3. The highest BCUT2D eigenvalue weighted by atomic mass is 32.2. The molecule has 0 heterocycles. The molecule has 0 aromatic heterocycles. The lowest BCUT2D eigenvalue weighted by Crippen LogP contribution is -2.27. The van der Waals surface area contributed by atoms with Gasteiger partial charge in [0, 0.05) is 19.8 Å². The van der Waals surface area contributed by atoms with Gasteiger partial charge in [-0.3, -0.25) is 0 Å². The highest BCUT2D eigenvalue weighted by Crippen LogP contribution is 2.10. The van der Waals surface area contributed by atoms with Crippen LogP contribution in [0.2, 0.25) is 0 Å². The number of nitrogens with one attached hydrogen (secondary N) is 1. The van der Waals surface area contributed by atoms with Gasteiger partial charge in [-0.1, -0.05) is 25.5 Å². The van der Waals surface area contributed by atoms with Crippen molar-refractivity contribution in [2.24, 2.45) is 0 Å². The zero-order chi connectivity index (χ0) is 14.8. The molecule has 2 N–H and O–H groups in total. The van der Waals surface area contributed by atoms with Crippen LogP contribution in [0, 0.1) is 0 Å². The quantitative estimate of drug-likeness (QED) is 0.639. The number of sulfonamides is 1. The van der Waals surface area contributed by atoms with Crippen molar-refractivity contribution in [3.05, 3.63) is 29.8 Å². The van der Waals surface area contributed by atoms with E-state index in [9.17, 15) is 8.42 Å². The first-order valence-electron chi connectivity index (χ1n) is 6.87. The molecule has 20 heavy (non-hydrogen) atoms. The zero-order valence-corrected chi connectivity index (χ0v) is 12.7. The SMILES string of the molecule is CCCCOCCNS(=O)(=O)c1ccc(CCO)cc1. The Bertz CT molecular complexity index is 470. The van der Waals surface area contributed by atoms with Crippen molar-refractivity contribution in [1.82, 2.24) is 4.72 Å². The summed E-state index contributed by atoms with van der Waals surface area (Å²) in [6, 6.07) is 6.52. The molecule has 0 aliphatic heterocycles. The molecule has 0 spiro atoms. The van der Waals surface area contributed by atoms with Crippen LogP contribution in [0.1, 0.15) is 25.3 Å². The van der Waals surface area contributed by atoms with Gasteiger partial charge >= 0.3 is 0 Å². The molecular weight excluding hydrogens is 278 g/mol. The van der Waals surface area contributed by atoms with Gasteiger partial charge < -0.3 is 9.84 Å². The van der Waals surface area contributed by atoms with E-state index in [4.69, 9.17) is 9.84 Å². The Labute approximate surface area is 121 Å². The maximum Gasteiger partial charge on any atom is 0.240 e. The molecule has 0 amide bonds. The highest BCUT2D eigenvalue weighted by Gasteiger charge is 2.12. The van der Waals surface area contributed by atoms with Gasteiger partial charge in [0.25, 0.3) is 0 Å². The number of rotatable bonds is 10. The number of ether oxygens (including phenoxy) is 1. The van der Waals surface area contributed by atoms with Crippen molar-refractivity contribution >= 4 is 10.0 Å². The molecule has 0 radical (unpaired) electrons. The van der Waals surface area contributed by atoms with Crippen LogP contribution in [0.3, 0.4) is 0 Å². The van der Waals surface area contributed by atoms with Crippen molar-refractivity contribution in [1.29, 1.82) is 0 Å². The average molecular weight is 301 g/mol. The van der Waals surface area contributed by atoms with Crippen molar-refractivity contribution in [2.45, 2.75) is 31.1 Å². The number of benzene rings is 1. The van der Waals surface area contributed by atoms with Gasteiger partial charge in [0.05, 0.1) is 11.5 Å². The molecule has 0 bridgehead atoms. The number of hydrogen-bond acceptors (Lipinski definition) is 4. The van der Waals surface area contributed by atoms with Gasteiger partial charge in [-0.25, -0.2) is 13.1 Å². The maximum absolute atomic E-state index is 12.0. The van der Waals surface area contributed by atoms with Crippen LogP contribution in [0.15, 0.2) is 29.2 Å². The van der Waals surface area contributed by atoms with Crippen LogP contribution < -0.4 is 4.72 Å². The molecule has 0 unspecified atom stereocenters. The summed E-state index contributed by atoms with van der Waals surface area (Å²) < 4.78 is 31.8. The van der Waals surface area contributed by atoms with E-state index in [1.807, 2.05) is 0 Å². The first kappa shape index (κ1) is 17.1. The van der Waals surface area contributed by atoms with Crippen LogP contribution in [-0.2, 0) is 21.2 Å². The molecule has 1 aromatic rings. The lowest BCUT2D eigenvalue weighted by atomic mass is 10.2. The fourth-order valence-corrected chi connectivity index (χ4v) is 2.66. The van der Waals surface area contributed by atoms with Crippen LogP contribution in [0.4, 0.5) is 0 Å². The zero-order valence-electron chi connectivity index (χ0n) is 11.8. The number of aliphatic hydroxyl groups excluding tert-OH is 1. The summed E-state index contributed by atoms with van der Waals surface area (Å²) in [4.78, 5) is 0.229. The lowest BCUT2D eigenvalue weighted by Gasteiger charge is -2.08. The van der Waals surface area contributed by atoms with Crippen molar-refractivity contribution < 1.29 is 18.3 Å². The first-order chi connectivity index (χ1) is 9.60. The number of hydrogen-bond donors (Lipinski definition) is 2. The monoisotopic (exact) mass is 301 g/mol. The third-order valence-electron chi connectivity index (χ3n) is 2.81. The third-order valence-corrected chi connectivity index (χ3v) is 4.29. The number of aliphatic hydroxyl groups is 1. The van der Waals surface area contributed by atoms with E-state index in [1.165, 1.54) is 0 Å². The second-order valence-electron chi connectivity index (χ2n) is 4.48. The molecule has 6 heteroatoms. The molecule has 0 aliphatic rings. The second kappa shape index (κ2) is 9.07. The summed E-state index contributed by atoms with van der Waals surface area (Å²) in [6.07, 6.45) is 2.57. The average Bonchev–Trinajstić information content (AvgIpc) is 2.44. The summed E-state index contributed by atoms with van der Waals surface area (Å²) in [5.74, 6) is 0. The largest absolute Gasteiger partial charge is 0.396 e. The molecular formula is C14H23NO4S. The Morgan fingerprint density at radius 3 is 2.50 bits per heavy atom. The van der Waals surface area contributed by atoms with Gasteiger partial charge in [0.1, 0.15) is 0 Å². The molecule has 1 rings (SSSR count). The Morgan fingerprint density at radius 2 is 1.90 bits per heavy atom. The van der Waals surface area contributed by atoms with Crippen LogP contribution in [-0.4, -0.2) is 39.9 Å². The van der Waals surface area contributed by atoms with E-state index in [0.717, 1.165) is 18.4 Å². The topological polar surface area (TPSA) is 75.6 Å². The van der Waals surface area contributed by atoms with Crippen LogP contribution >= 0.6 is 0 Å². The van der Waals surface area contributed by atoms with Crippen molar-refractivity contribution in [2.75, 3.05) is 26.4 Å². The van der Waals surface area contributed by atoms with Gasteiger partial charge in [-0.05, 0) is 30.5 Å². The van der Waals surface area contributed by atoms with Gasteiger partial charge in [0.15, 0.2) is 0 Å². The summed E-state index contributed by atoms with van der Waals surface area (Å²) in [5, 5.41) is 8.81. The predicted molar refractivity (Wildman–Crippen MR) is 78.1 cm³/mol. The predicted octanol–water partition coefficient (Wildman–Crippen LogP) is 1.32. The molecule has 0 atom stereocenters. The van der Waals surface area contributed by atoms with E-state index in [-0.39, 0.29) is 18.0 Å². The molecule has 1 aromatic carbocycles. The minimum atomic E-state index is -3.48. The van der Waals surface area contributed by atoms with E-state index < -0.39 is 10.0 Å². The van der Waals surface area contributed by atoms with Crippen molar-refractivity contribution in [3.8, 4) is 0 Å². The fraction of sp³-hybridized carbons (Fsp3) is 0.571. The summed E-state index contributed by atoms with van der Waals surface area (Å²) >= 11 is 0. The van der Waals surface area contributed by atoms with E-state index in [0.29, 0.717) is 19.6 Å². The Kier molecular flexibility index (Phi) is 7.76. The molecule has 0 saturated carbocycles. The summed E-state index contributed by atoms with van der Waals surface area (Å²) in [6.45, 7) is 3.44. The summed E-state index contributed by atoms with van der Waals surface area (Å²) in [5.41, 5.74) is 0.911. The van der Waals surface area contributed by atoms with Crippen LogP contribution in [0.25, 0.3) is 0 Å². The minimum absolute atomic E-state index is 0.0550. The van der Waals surface area contributed by atoms with E-state index in [2.05, 4.69) is 11.6 Å². The Balaban J connectivity index is 2.43. The molecule has 5 nitrogen and oxygen atoms in total. The Hall–Kier alpha value is -0.950. The molecule has 0 aliphatic carbocycles. The Morgan fingerprint density at radius 1 is 1.20 bits per heavy atom. The third kappa shape index (κ3) is 6.00. The smallest absolute Gasteiger partial charge is 0.240 e. The molecule has 114 valence electrons. The van der Waals surface area contributed by atoms with Gasteiger partial charge in [0.2, 0.25) is 10.0 Å². The lowest BCUT2D eigenvalue weighted by molar-refractivity contribution is 0.136. The van der Waals surface area contributed by atoms with E-state index in [1.54, 1.807) is 24.3 Å². The molecule has 0 saturated heterocycles. The molecule has 0 fully saturated rings. The summed E-state index contributed by atoms with van der Waals surface area (Å²) in [7, 11) is -3.48. The van der Waals surface area contributed by atoms with E-state index >= 15 is 0 Å². The van der Waals surface area contributed by atoms with Gasteiger partial charge in [-0.2, -0.15) is 0 Å². The minimum Gasteiger partial charge on any atom is -0.396 e. The second-order valence-corrected chi connectivity index (χ2v) is 6.25. The van der Waals surface area contributed by atoms with Crippen LogP contribution in [0.5, 0.6) is 0 Å². The maximum atomic E-state index is 12.0. The fourth-order valence-electron chi connectivity index (χ4n) is 1.64. The number of unbranched alkanes of at least 4 members (excludes halogenated alkanes) is 1. The first-order valence-corrected chi connectivity index (χ1v) is 8.35.